The predicted octanol–water partition coefficient (Wildman–Crippen LogP) is 2.36. The SMILES string of the molecule is C[Si](C)(C)OC1C(O)OC(CO)C(O[Si](C)(C)C)[C@@H]1O[Si](C)(C)C. The first kappa shape index (κ1) is 22.5. The van der Waals surface area contributed by atoms with Gasteiger partial charge in [-0.1, -0.05) is 0 Å². The minimum absolute atomic E-state index is 0.225. The number of rotatable bonds is 7. The minimum Gasteiger partial charge on any atom is -0.409 e. The average Bonchev–Trinajstić information content (AvgIpc) is 2.32. The van der Waals surface area contributed by atoms with Crippen molar-refractivity contribution in [1.82, 2.24) is 0 Å². The molecular weight excluding hydrogens is 360 g/mol. The highest BCUT2D eigenvalue weighted by Gasteiger charge is 2.50. The molecule has 6 nitrogen and oxygen atoms in total. The fourth-order valence-corrected chi connectivity index (χ4v) is 5.92. The van der Waals surface area contributed by atoms with Crippen molar-refractivity contribution in [2.24, 2.45) is 0 Å². The third-order valence-electron chi connectivity index (χ3n) is 3.26. The van der Waals surface area contributed by atoms with Crippen LogP contribution in [0.5, 0.6) is 0 Å². The molecule has 1 aliphatic heterocycles. The van der Waals surface area contributed by atoms with E-state index in [2.05, 4.69) is 58.9 Å². The normalized spacial score (nSPS) is 32.9. The molecule has 1 heterocycles. The van der Waals surface area contributed by atoms with Gasteiger partial charge in [0.25, 0.3) is 0 Å². The van der Waals surface area contributed by atoms with Crippen LogP contribution in [0.15, 0.2) is 0 Å². The maximum atomic E-state index is 10.5. The van der Waals surface area contributed by atoms with Gasteiger partial charge in [0.1, 0.15) is 24.4 Å². The highest BCUT2D eigenvalue weighted by atomic mass is 28.4. The second-order valence-electron chi connectivity index (χ2n) is 9.33. The van der Waals surface area contributed by atoms with Gasteiger partial charge in [0.15, 0.2) is 31.2 Å². The zero-order chi connectivity index (χ0) is 18.9. The lowest BCUT2D eigenvalue weighted by Gasteiger charge is -2.49. The van der Waals surface area contributed by atoms with Crippen LogP contribution < -0.4 is 0 Å². The lowest BCUT2D eigenvalue weighted by molar-refractivity contribution is -0.275. The first-order chi connectivity index (χ1) is 10.6. The third-order valence-corrected chi connectivity index (χ3v) is 6.20. The maximum Gasteiger partial charge on any atom is 0.184 e. The Morgan fingerprint density at radius 2 is 1.08 bits per heavy atom. The van der Waals surface area contributed by atoms with E-state index in [9.17, 15) is 10.2 Å². The van der Waals surface area contributed by atoms with Crippen LogP contribution in [0, 0.1) is 0 Å². The topological polar surface area (TPSA) is 77.4 Å². The zero-order valence-corrected chi connectivity index (χ0v) is 19.6. The van der Waals surface area contributed by atoms with E-state index in [1.807, 2.05) is 0 Å². The molecule has 0 aliphatic carbocycles. The zero-order valence-electron chi connectivity index (χ0n) is 16.6. The van der Waals surface area contributed by atoms with Crippen LogP contribution in [-0.2, 0) is 18.0 Å². The van der Waals surface area contributed by atoms with E-state index in [0.717, 1.165) is 0 Å². The van der Waals surface area contributed by atoms with E-state index in [-0.39, 0.29) is 6.61 Å². The molecule has 0 bridgehead atoms. The summed E-state index contributed by atoms with van der Waals surface area (Å²) < 4.78 is 24.5. The molecule has 144 valence electrons. The summed E-state index contributed by atoms with van der Waals surface area (Å²) in [7, 11) is -5.78. The average molecular weight is 397 g/mol. The predicted molar refractivity (Wildman–Crippen MR) is 103 cm³/mol. The van der Waals surface area contributed by atoms with Crippen molar-refractivity contribution in [2.75, 3.05) is 6.61 Å². The number of hydrogen-bond donors (Lipinski definition) is 2. The number of hydrogen-bond acceptors (Lipinski definition) is 6. The van der Waals surface area contributed by atoms with Gasteiger partial charge in [0.2, 0.25) is 0 Å². The first-order valence-electron chi connectivity index (χ1n) is 8.61. The molecule has 5 atom stereocenters. The van der Waals surface area contributed by atoms with Crippen LogP contribution in [0.25, 0.3) is 0 Å². The first-order valence-corrected chi connectivity index (χ1v) is 18.8. The minimum atomic E-state index is -1.94. The van der Waals surface area contributed by atoms with Crippen molar-refractivity contribution in [2.45, 2.75) is 89.6 Å². The standard InChI is InChI=1S/C15H36O6Si3/c1-22(2,3)19-12-11(10-16)18-15(17)14(21-24(7,8)9)13(12)20-23(4,5)6/h11-17H,10H2,1-9H3/t11?,12?,13-,14?,15?/m0/s1. The molecule has 0 radical (unpaired) electrons. The molecule has 0 aromatic heterocycles. The fourth-order valence-electron chi connectivity index (χ4n) is 2.67. The Balaban J connectivity index is 3.20. The fraction of sp³-hybridized carbons (Fsp3) is 1.00. The summed E-state index contributed by atoms with van der Waals surface area (Å²) in [5, 5.41) is 20.2. The Hall–Kier alpha value is 0.411. The van der Waals surface area contributed by atoms with E-state index >= 15 is 0 Å². The van der Waals surface area contributed by atoms with Gasteiger partial charge in [-0.15, -0.1) is 0 Å². The van der Waals surface area contributed by atoms with Crippen molar-refractivity contribution >= 4 is 25.0 Å². The van der Waals surface area contributed by atoms with Crippen LogP contribution in [-0.4, -0.2) is 72.5 Å². The Morgan fingerprint density at radius 1 is 0.708 bits per heavy atom. The summed E-state index contributed by atoms with van der Waals surface area (Å²) in [6.07, 6.45) is -3.24. The summed E-state index contributed by atoms with van der Waals surface area (Å²) in [6, 6.07) is 0. The smallest absolute Gasteiger partial charge is 0.184 e. The van der Waals surface area contributed by atoms with Gasteiger partial charge in [-0.3, -0.25) is 0 Å². The lowest BCUT2D eigenvalue weighted by Crippen LogP contribution is -2.65. The van der Waals surface area contributed by atoms with Gasteiger partial charge in [-0.25, -0.2) is 0 Å². The number of aliphatic hydroxyl groups is 2. The quantitative estimate of drug-likeness (QED) is 0.643. The summed E-state index contributed by atoms with van der Waals surface area (Å²) >= 11 is 0. The molecule has 1 rings (SSSR count). The van der Waals surface area contributed by atoms with Gasteiger partial charge in [-0.2, -0.15) is 0 Å². The Kier molecular flexibility index (Phi) is 7.46. The molecular formula is C15H36O6Si3. The van der Waals surface area contributed by atoms with E-state index in [0.29, 0.717) is 0 Å². The number of ether oxygens (including phenoxy) is 1. The molecule has 9 heteroatoms. The Labute approximate surface area is 149 Å². The molecule has 1 fully saturated rings. The molecule has 2 N–H and O–H groups in total. The summed E-state index contributed by atoms with van der Waals surface area (Å²) in [4.78, 5) is 0. The molecule has 0 spiro atoms. The molecule has 0 aromatic carbocycles. The van der Waals surface area contributed by atoms with Crippen molar-refractivity contribution in [3.8, 4) is 0 Å². The van der Waals surface area contributed by atoms with Crippen LogP contribution in [0.4, 0.5) is 0 Å². The summed E-state index contributed by atoms with van der Waals surface area (Å²) in [5.74, 6) is 0. The Bertz CT molecular complexity index is 401. The van der Waals surface area contributed by atoms with Crippen molar-refractivity contribution < 1.29 is 28.2 Å². The Morgan fingerprint density at radius 3 is 1.46 bits per heavy atom. The third kappa shape index (κ3) is 7.34. The van der Waals surface area contributed by atoms with Crippen LogP contribution in [0.1, 0.15) is 0 Å². The van der Waals surface area contributed by atoms with Crippen molar-refractivity contribution in [3.05, 3.63) is 0 Å². The van der Waals surface area contributed by atoms with Gasteiger partial charge in [-0.05, 0) is 58.9 Å². The monoisotopic (exact) mass is 396 g/mol. The molecule has 0 saturated carbocycles. The maximum absolute atomic E-state index is 10.5. The summed E-state index contributed by atoms with van der Waals surface area (Å²) in [6.45, 7) is 18.5. The highest BCUT2D eigenvalue weighted by molar-refractivity contribution is 6.70. The van der Waals surface area contributed by atoms with Gasteiger partial charge in [0, 0.05) is 0 Å². The number of aliphatic hydroxyl groups excluding tert-OH is 2. The largest absolute Gasteiger partial charge is 0.409 e. The molecule has 24 heavy (non-hydrogen) atoms. The molecule has 0 aromatic rings. The van der Waals surface area contributed by atoms with Crippen molar-refractivity contribution in [3.63, 3.8) is 0 Å². The van der Waals surface area contributed by atoms with E-state index in [1.54, 1.807) is 0 Å². The highest BCUT2D eigenvalue weighted by Crippen LogP contribution is 2.32. The second-order valence-corrected chi connectivity index (χ2v) is 22.7. The molecule has 1 saturated heterocycles. The van der Waals surface area contributed by atoms with E-state index in [1.165, 1.54) is 0 Å². The second kappa shape index (κ2) is 7.97. The molecule has 4 unspecified atom stereocenters. The van der Waals surface area contributed by atoms with Crippen LogP contribution in [0.2, 0.25) is 58.9 Å². The molecule has 1 aliphatic rings. The van der Waals surface area contributed by atoms with E-state index in [4.69, 9.17) is 18.0 Å². The lowest BCUT2D eigenvalue weighted by atomic mass is 9.99. The summed E-state index contributed by atoms with van der Waals surface area (Å²) in [5.41, 5.74) is 0. The van der Waals surface area contributed by atoms with Gasteiger partial charge in [0.05, 0.1) is 6.61 Å². The van der Waals surface area contributed by atoms with Gasteiger partial charge < -0.3 is 28.2 Å². The van der Waals surface area contributed by atoms with Crippen LogP contribution in [0.3, 0.4) is 0 Å². The van der Waals surface area contributed by atoms with Gasteiger partial charge >= 0.3 is 0 Å². The van der Waals surface area contributed by atoms with Crippen molar-refractivity contribution in [1.29, 1.82) is 0 Å². The molecule has 0 amide bonds. The van der Waals surface area contributed by atoms with Crippen LogP contribution >= 0.6 is 0 Å². The van der Waals surface area contributed by atoms with E-state index < -0.39 is 55.7 Å².